The third-order valence-electron chi connectivity index (χ3n) is 4.05. The molecule has 2 unspecified atom stereocenters. The molecule has 1 saturated heterocycles. The van der Waals surface area contributed by atoms with E-state index in [0.29, 0.717) is 6.61 Å². The monoisotopic (exact) mass is 265 g/mol. The van der Waals surface area contributed by atoms with E-state index in [-0.39, 0.29) is 11.9 Å². The van der Waals surface area contributed by atoms with Crippen molar-refractivity contribution in [1.82, 2.24) is 0 Å². The summed E-state index contributed by atoms with van der Waals surface area (Å²) in [7, 11) is 0. The average Bonchev–Trinajstić information content (AvgIpc) is 2.41. The first-order valence-corrected chi connectivity index (χ1v) is 7.33. The van der Waals surface area contributed by atoms with Crippen LogP contribution in [0.3, 0.4) is 0 Å². The van der Waals surface area contributed by atoms with E-state index in [2.05, 4.69) is 6.92 Å². The fourth-order valence-electron chi connectivity index (χ4n) is 2.68. The molecule has 0 aromatic heterocycles. The van der Waals surface area contributed by atoms with Crippen LogP contribution < -0.4 is 5.73 Å². The highest BCUT2D eigenvalue weighted by molar-refractivity contribution is 5.28. The predicted octanol–water partition coefficient (Wildman–Crippen LogP) is 3.74. The average molecular weight is 265 g/mol. The summed E-state index contributed by atoms with van der Waals surface area (Å²) < 4.78 is 18.6. The predicted molar refractivity (Wildman–Crippen MR) is 75.4 cm³/mol. The van der Waals surface area contributed by atoms with Gasteiger partial charge < -0.3 is 10.5 Å². The Hall–Kier alpha value is -0.930. The van der Waals surface area contributed by atoms with Crippen LogP contribution in [0.1, 0.15) is 51.0 Å². The van der Waals surface area contributed by atoms with Gasteiger partial charge in [0.25, 0.3) is 0 Å². The summed E-state index contributed by atoms with van der Waals surface area (Å²) in [6, 6.07) is 6.50. The zero-order valence-corrected chi connectivity index (χ0v) is 11.7. The number of rotatable bonds is 7. The first-order valence-electron chi connectivity index (χ1n) is 7.33. The molecule has 106 valence electrons. The van der Waals surface area contributed by atoms with E-state index >= 15 is 0 Å². The molecule has 0 bridgehead atoms. The van der Waals surface area contributed by atoms with Gasteiger partial charge in [-0.3, -0.25) is 0 Å². The Morgan fingerprint density at radius 3 is 2.47 bits per heavy atom. The quantitative estimate of drug-likeness (QED) is 0.762. The zero-order valence-electron chi connectivity index (χ0n) is 11.7. The smallest absolute Gasteiger partial charge is 0.123 e. The Morgan fingerprint density at radius 2 is 1.89 bits per heavy atom. The summed E-state index contributed by atoms with van der Waals surface area (Å²) >= 11 is 0. The van der Waals surface area contributed by atoms with Crippen LogP contribution >= 0.6 is 0 Å². The van der Waals surface area contributed by atoms with E-state index < -0.39 is 5.54 Å². The second-order valence-electron chi connectivity index (χ2n) is 5.55. The second kappa shape index (κ2) is 6.49. The van der Waals surface area contributed by atoms with Gasteiger partial charge in [-0.2, -0.15) is 0 Å². The summed E-state index contributed by atoms with van der Waals surface area (Å²) in [5.74, 6) is -0.219. The highest BCUT2D eigenvalue weighted by Crippen LogP contribution is 2.36. The zero-order chi connectivity index (χ0) is 13.7. The molecular weight excluding hydrogens is 241 g/mol. The van der Waals surface area contributed by atoms with E-state index in [9.17, 15) is 4.39 Å². The molecule has 1 aliphatic rings. The number of unbranched alkanes of at least 4 members (excludes halogenated alkanes) is 4. The van der Waals surface area contributed by atoms with E-state index in [1.54, 1.807) is 12.1 Å². The van der Waals surface area contributed by atoms with Gasteiger partial charge >= 0.3 is 0 Å². The van der Waals surface area contributed by atoms with Crippen LogP contribution in [0.2, 0.25) is 0 Å². The van der Waals surface area contributed by atoms with Crippen LogP contribution in [0.5, 0.6) is 0 Å². The summed E-state index contributed by atoms with van der Waals surface area (Å²) in [5.41, 5.74) is 6.98. The van der Waals surface area contributed by atoms with Gasteiger partial charge in [0.1, 0.15) is 5.82 Å². The largest absolute Gasteiger partial charge is 0.373 e. The van der Waals surface area contributed by atoms with Gasteiger partial charge in [0, 0.05) is 0 Å². The number of hydrogen-bond donors (Lipinski definition) is 1. The number of nitrogens with two attached hydrogens (primary N) is 1. The van der Waals surface area contributed by atoms with E-state index in [0.717, 1.165) is 18.4 Å². The number of benzene rings is 1. The van der Waals surface area contributed by atoms with Gasteiger partial charge in [0.05, 0.1) is 18.2 Å². The molecule has 1 heterocycles. The molecule has 1 aliphatic heterocycles. The molecule has 19 heavy (non-hydrogen) atoms. The number of hydrogen-bond acceptors (Lipinski definition) is 2. The molecule has 0 saturated carbocycles. The molecule has 2 atom stereocenters. The maximum atomic E-state index is 12.9. The van der Waals surface area contributed by atoms with Crippen molar-refractivity contribution in [3.8, 4) is 0 Å². The van der Waals surface area contributed by atoms with Crippen molar-refractivity contribution in [2.45, 2.75) is 57.1 Å². The molecule has 2 N–H and O–H groups in total. The Bertz CT molecular complexity index is 392. The lowest BCUT2D eigenvalue weighted by Crippen LogP contribution is -2.61. The van der Waals surface area contributed by atoms with Gasteiger partial charge in [-0.15, -0.1) is 0 Å². The summed E-state index contributed by atoms with van der Waals surface area (Å²) in [6.45, 7) is 2.76. The van der Waals surface area contributed by atoms with E-state index in [1.165, 1.54) is 37.8 Å². The van der Waals surface area contributed by atoms with Crippen LogP contribution in [0.4, 0.5) is 4.39 Å². The summed E-state index contributed by atoms with van der Waals surface area (Å²) in [5, 5.41) is 0. The standard InChI is InChI=1S/C16H24FNO/c1-2-3-4-5-6-7-15-16(18,12-19-15)13-8-10-14(17)11-9-13/h8-11,15H,2-7,12,18H2,1H3. The fraction of sp³-hybridized carbons (Fsp3) is 0.625. The first-order chi connectivity index (χ1) is 9.16. The Kier molecular flexibility index (Phi) is 4.94. The minimum atomic E-state index is -0.418. The Balaban J connectivity index is 1.84. The van der Waals surface area contributed by atoms with Crippen LogP contribution in [0.25, 0.3) is 0 Å². The highest BCUT2D eigenvalue weighted by atomic mass is 19.1. The van der Waals surface area contributed by atoms with Gasteiger partial charge in [-0.05, 0) is 24.1 Å². The van der Waals surface area contributed by atoms with Crippen molar-refractivity contribution in [3.63, 3.8) is 0 Å². The Labute approximate surface area is 115 Å². The number of ether oxygens (including phenoxy) is 1. The molecule has 1 fully saturated rings. The van der Waals surface area contributed by atoms with Crippen LogP contribution in [-0.2, 0) is 10.3 Å². The SMILES string of the molecule is CCCCCCCC1OCC1(N)c1ccc(F)cc1. The maximum absolute atomic E-state index is 12.9. The second-order valence-corrected chi connectivity index (χ2v) is 5.55. The summed E-state index contributed by atoms with van der Waals surface area (Å²) in [6.07, 6.45) is 7.33. The van der Waals surface area contributed by atoms with Gasteiger partial charge in [-0.25, -0.2) is 4.39 Å². The topological polar surface area (TPSA) is 35.2 Å². The fourth-order valence-corrected chi connectivity index (χ4v) is 2.68. The Morgan fingerprint density at radius 1 is 1.21 bits per heavy atom. The molecule has 0 amide bonds. The van der Waals surface area contributed by atoms with E-state index in [4.69, 9.17) is 10.5 Å². The molecule has 1 aromatic carbocycles. The molecule has 0 radical (unpaired) electrons. The molecule has 3 heteroatoms. The lowest BCUT2D eigenvalue weighted by Gasteiger charge is -2.47. The first kappa shape index (κ1) is 14.5. The van der Waals surface area contributed by atoms with E-state index in [1.807, 2.05) is 0 Å². The third kappa shape index (κ3) is 3.34. The molecule has 0 aliphatic carbocycles. The molecule has 0 spiro atoms. The van der Waals surface area contributed by atoms with Gasteiger partial charge in [-0.1, -0.05) is 51.2 Å². The molecule has 2 nitrogen and oxygen atoms in total. The van der Waals surface area contributed by atoms with Crippen molar-refractivity contribution >= 4 is 0 Å². The molecule has 1 aromatic rings. The molecular formula is C16H24FNO. The number of halogens is 1. The van der Waals surface area contributed by atoms with Crippen LogP contribution in [0, 0.1) is 5.82 Å². The van der Waals surface area contributed by atoms with Crippen molar-refractivity contribution in [2.75, 3.05) is 6.61 Å². The lowest BCUT2D eigenvalue weighted by atomic mass is 9.79. The minimum absolute atomic E-state index is 0.0830. The van der Waals surface area contributed by atoms with Crippen molar-refractivity contribution in [3.05, 3.63) is 35.6 Å². The normalized spacial score (nSPS) is 26.2. The van der Waals surface area contributed by atoms with Crippen molar-refractivity contribution < 1.29 is 9.13 Å². The maximum Gasteiger partial charge on any atom is 0.123 e. The highest BCUT2D eigenvalue weighted by Gasteiger charge is 2.45. The van der Waals surface area contributed by atoms with Gasteiger partial charge in [0.2, 0.25) is 0 Å². The lowest BCUT2D eigenvalue weighted by molar-refractivity contribution is -0.141. The third-order valence-corrected chi connectivity index (χ3v) is 4.05. The molecule has 2 rings (SSSR count). The van der Waals surface area contributed by atoms with Crippen molar-refractivity contribution in [2.24, 2.45) is 5.73 Å². The van der Waals surface area contributed by atoms with Gasteiger partial charge in [0.15, 0.2) is 0 Å². The summed E-state index contributed by atoms with van der Waals surface area (Å²) in [4.78, 5) is 0. The van der Waals surface area contributed by atoms with Crippen molar-refractivity contribution in [1.29, 1.82) is 0 Å². The van der Waals surface area contributed by atoms with Crippen LogP contribution in [-0.4, -0.2) is 12.7 Å². The van der Waals surface area contributed by atoms with Crippen LogP contribution in [0.15, 0.2) is 24.3 Å². The minimum Gasteiger partial charge on any atom is -0.373 e.